The summed E-state index contributed by atoms with van der Waals surface area (Å²) < 4.78 is 0. The van der Waals surface area contributed by atoms with Crippen molar-refractivity contribution in [2.24, 2.45) is 0 Å². The van der Waals surface area contributed by atoms with Gasteiger partial charge < -0.3 is 0 Å². The third kappa shape index (κ3) is 6.47. The summed E-state index contributed by atoms with van der Waals surface area (Å²) in [6.45, 7) is 0. The van der Waals surface area contributed by atoms with Crippen molar-refractivity contribution in [2.45, 2.75) is 32.1 Å². The second-order valence-electron chi connectivity index (χ2n) is 3.41. The smallest absolute Gasteiger partial charge is 0.0167 e. The molecule has 0 atom stereocenters. The third-order valence-electron chi connectivity index (χ3n) is 2.12. The van der Waals surface area contributed by atoms with Gasteiger partial charge in [-0.05, 0) is 38.5 Å². The Balaban J connectivity index is 2.35. The van der Waals surface area contributed by atoms with E-state index < -0.39 is 0 Å². The Labute approximate surface area is 87.7 Å². The molecule has 1 aliphatic rings. The molecule has 0 bridgehead atoms. The molecule has 0 nitrogen and oxygen atoms in total. The molecule has 0 saturated carbocycles. The molecule has 0 aromatic carbocycles. The van der Waals surface area contributed by atoms with E-state index in [4.69, 9.17) is 0 Å². The molecule has 0 heteroatoms. The van der Waals surface area contributed by atoms with Crippen LogP contribution in [0.1, 0.15) is 32.1 Å². The van der Waals surface area contributed by atoms with Gasteiger partial charge in [0, 0.05) is 0 Å². The molecular formula is C14H19. The van der Waals surface area contributed by atoms with E-state index in [-0.39, 0.29) is 0 Å². The molecule has 14 heavy (non-hydrogen) atoms. The Morgan fingerprint density at radius 2 is 1.21 bits per heavy atom. The zero-order chi connectivity index (χ0) is 9.90. The highest BCUT2D eigenvalue weighted by Gasteiger charge is 1.84. The standard InChI is InChI=1S/C14H19/c1-2-4-6-8-10-12-14-13-11-9-7-5-3-1/h1-7,12,14H,8-11,13H2/b2-1+,5-3+,6-4-,14-12-. The van der Waals surface area contributed by atoms with Crippen molar-refractivity contribution in [3.8, 4) is 0 Å². The fourth-order valence-electron chi connectivity index (χ4n) is 1.32. The molecule has 0 heterocycles. The lowest BCUT2D eigenvalue weighted by Gasteiger charge is -1.93. The van der Waals surface area contributed by atoms with E-state index in [2.05, 4.69) is 55.0 Å². The van der Waals surface area contributed by atoms with Crippen LogP contribution >= 0.6 is 0 Å². The van der Waals surface area contributed by atoms with Crippen molar-refractivity contribution in [1.82, 2.24) is 0 Å². The lowest BCUT2D eigenvalue weighted by Crippen LogP contribution is -1.74. The molecular weight excluding hydrogens is 168 g/mol. The van der Waals surface area contributed by atoms with Gasteiger partial charge in [-0.1, -0.05) is 48.6 Å². The van der Waals surface area contributed by atoms with Crippen LogP contribution in [0.3, 0.4) is 0 Å². The molecule has 0 aromatic heterocycles. The van der Waals surface area contributed by atoms with Crippen molar-refractivity contribution < 1.29 is 0 Å². The molecule has 1 aliphatic carbocycles. The van der Waals surface area contributed by atoms with Gasteiger partial charge in [0.15, 0.2) is 0 Å². The minimum absolute atomic E-state index is 1.15. The quantitative estimate of drug-likeness (QED) is 0.494. The maximum Gasteiger partial charge on any atom is -0.0167 e. The van der Waals surface area contributed by atoms with Crippen LogP contribution in [-0.4, -0.2) is 0 Å². The van der Waals surface area contributed by atoms with Gasteiger partial charge in [-0.3, -0.25) is 0 Å². The number of hydrogen-bond donors (Lipinski definition) is 0. The maximum atomic E-state index is 2.30. The first-order valence-corrected chi connectivity index (χ1v) is 5.47. The summed E-state index contributed by atoms with van der Waals surface area (Å²) >= 11 is 0. The normalized spacial score (nSPS) is 28.6. The second kappa shape index (κ2) is 8.55. The Kier molecular flexibility index (Phi) is 6.74. The molecule has 0 spiro atoms. The summed E-state index contributed by atoms with van der Waals surface area (Å²) in [4.78, 5) is 0. The average molecular weight is 187 g/mol. The van der Waals surface area contributed by atoms with E-state index >= 15 is 0 Å². The van der Waals surface area contributed by atoms with Crippen LogP contribution in [0.4, 0.5) is 0 Å². The van der Waals surface area contributed by atoms with Gasteiger partial charge in [-0.15, -0.1) is 0 Å². The second-order valence-corrected chi connectivity index (χ2v) is 3.41. The Hall–Kier alpha value is -1.04. The highest BCUT2D eigenvalue weighted by atomic mass is 13.9. The molecule has 0 fully saturated rings. The Bertz CT molecular complexity index is 228. The first-order valence-electron chi connectivity index (χ1n) is 5.47. The van der Waals surface area contributed by atoms with Crippen LogP contribution in [0, 0.1) is 6.42 Å². The molecule has 1 radical (unpaired) electrons. The van der Waals surface area contributed by atoms with Gasteiger partial charge in [0.1, 0.15) is 0 Å². The molecule has 0 amide bonds. The molecule has 0 aromatic rings. The van der Waals surface area contributed by atoms with Crippen LogP contribution in [0.25, 0.3) is 0 Å². The van der Waals surface area contributed by atoms with Crippen molar-refractivity contribution in [2.75, 3.05) is 0 Å². The summed E-state index contributed by atoms with van der Waals surface area (Å²) in [6.07, 6.45) is 25.5. The number of hydrogen-bond acceptors (Lipinski definition) is 0. The zero-order valence-electron chi connectivity index (χ0n) is 8.73. The molecule has 75 valence electrons. The lowest BCUT2D eigenvalue weighted by molar-refractivity contribution is 0.838. The SMILES string of the molecule is [CH]1/C=C/C=C/C=C\CC/C=C\CCC1. The monoisotopic (exact) mass is 187 g/mol. The summed E-state index contributed by atoms with van der Waals surface area (Å²) in [5.74, 6) is 0. The first-order chi connectivity index (χ1) is 7.00. The van der Waals surface area contributed by atoms with Crippen molar-refractivity contribution in [3.63, 3.8) is 0 Å². The molecule has 0 aliphatic heterocycles. The predicted molar refractivity (Wildman–Crippen MR) is 63.9 cm³/mol. The summed E-state index contributed by atoms with van der Waals surface area (Å²) in [7, 11) is 0. The molecule has 0 N–H and O–H groups in total. The van der Waals surface area contributed by atoms with E-state index in [1.807, 2.05) is 0 Å². The highest BCUT2D eigenvalue weighted by molar-refractivity contribution is 5.13. The van der Waals surface area contributed by atoms with Crippen LogP contribution in [0.15, 0.2) is 48.6 Å². The van der Waals surface area contributed by atoms with E-state index in [9.17, 15) is 0 Å². The van der Waals surface area contributed by atoms with Crippen LogP contribution < -0.4 is 0 Å². The van der Waals surface area contributed by atoms with Crippen molar-refractivity contribution >= 4 is 0 Å². The zero-order valence-corrected chi connectivity index (χ0v) is 8.73. The van der Waals surface area contributed by atoms with Gasteiger partial charge in [0.05, 0.1) is 0 Å². The van der Waals surface area contributed by atoms with Crippen LogP contribution in [0.5, 0.6) is 0 Å². The number of rotatable bonds is 0. The minimum atomic E-state index is 1.15. The van der Waals surface area contributed by atoms with Crippen molar-refractivity contribution in [3.05, 3.63) is 55.0 Å². The highest BCUT2D eigenvalue weighted by Crippen LogP contribution is 2.03. The largest absolute Gasteiger partial charge is 0.0885 e. The fourth-order valence-corrected chi connectivity index (χ4v) is 1.32. The minimum Gasteiger partial charge on any atom is -0.0885 e. The predicted octanol–water partition coefficient (Wildman–Crippen LogP) is 4.38. The Morgan fingerprint density at radius 1 is 0.500 bits per heavy atom. The van der Waals surface area contributed by atoms with Gasteiger partial charge in [0.25, 0.3) is 0 Å². The molecule has 0 unspecified atom stereocenters. The van der Waals surface area contributed by atoms with Gasteiger partial charge in [0.2, 0.25) is 0 Å². The summed E-state index contributed by atoms with van der Waals surface area (Å²) in [5.41, 5.74) is 0. The summed E-state index contributed by atoms with van der Waals surface area (Å²) in [6, 6.07) is 0. The third-order valence-corrected chi connectivity index (χ3v) is 2.12. The van der Waals surface area contributed by atoms with Gasteiger partial charge >= 0.3 is 0 Å². The van der Waals surface area contributed by atoms with Crippen molar-refractivity contribution in [1.29, 1.82) is 0 Å². The number of allylic oxidation sites excluding steroid dienone is 8. The lowest BCUT2D eigenvalue weighted by atomic mass is 10.1. The summed E-state index contributed by atoms with van der Waals surface area (Å²) in [5, 5.41) is 0. The first kappa shape index (κ1) is 11.0. The Morgan fingerprint density at radius 3 is 2.21 bits per heavy atom. The van der Waals surface area contributed by atoms with E-state index in [0.29, 0.717) is 0 Å². The molecule has 0 saturated heterocycles. The molecule has 1 rings (SSSR count). The van der Waals surface area contributed by atoms with Gasteiger partial charge in [-0.2, -0.15) is 0 Å². The maximum absolute atomic E-state index is 2.30. The van der Waals surface area contributed by atoms with E-state index in [1.165, 1.54) is 25.7 Å². The van der Waals surface area contributed by atoms with Crippen LogP contribution in [0.2, 0.25) is 0 Å². The topological polar surface area (TPSA) is 0 Å². The van der Waals surface area contributed by atoms with E-state index in [0.717, 1.165) is 6.42 Å². The van der Waals surface area contributed by atoms with Gasteiger partial charge in [-0.25, -0.2) is 0 Å². The van der Waals surface area contributed by atoms with E-state index in [1.54, 1.807) is 0 Å². The average Bonchev–Trinajstić information content (AvgIpc) is 2.22. The fraction of sp³-hybridized carbons (Fsp3) is 0.357. The van der Waals surface area contributed by atoms with Crippen LogP contribution in [-0.2, 0) is 0 Å².